The zero-order valence-corrected chi connectivity index (χ0v) is 29.3. The summed E-state index contributed by atoms with van der Waals surface area (Å²) in [5, 5.41) is 10.2. The van der Waals surface area contributed by atoms with Gasteiger partial charge in [-0.15, -0.1) is 0 Å². The minimum atomic E-state index is -0.225. The van der Waals surface area contributed by atoms with Crippen LogP contribution in [0.5, 0.6) is 0 Å². The van der Waals surface area contributed by atoms with Gasteiger partial charge in [-0.2, -0.15) is 0 Å². The molecule has 254 valence electrons. The molecule has 0 saturated heterocycles. The van der Waals surface area contributed by atoms with Crippen molar-refractivity contribution in [3.8, 4) is 11.1 Å². The molecule has 3 aromatic heterocycles. The minimum Gasteiger partial charge on any atom is -0.456 e. The molecule has 1 aliphatic heterocycles. The van der Waals surface area contributed by atoms with Crippen molar-refractivity contribution in [1.29, 1.82) is 0 Å². The number of fused-ring (bicyclic) bond motifs is 12. The van der Waals surface area contributed by atoms with E-state index in [1.807, 2.05) is 24.3 Å². The Labute approximate surface area is 309 Å². The van der Waals surface area contributed by atoms with Crippen LogP contribution < -0.4 is 0 Å². The highest BCUT2D eigenvalue weighted by atomic mass is 16.3. The molecule has 8 aromatic carbocycles. The van der Waals surface area contributed by atoms with Crippen LogP contribution in [0.15, 0.2) is 178 Å². The zero-order chi connectivity index (χ0) is 35.5. The number of aromatic nitrogens is 1. The number of para-hydroxylation sites is 3. The van der Waals surface area contributed by atoms with Gasteiger partial charge < -0.3 is 13.7 Å². The lowest BCUT2D eigenvalue weighted by atomic mass is 9.95. The summed E-state index contributed by atoms with van der Waals surface area (Å²) in [7, 11) is 2.14. The first-order valence-electron chi connectivity index (χ1n) is 18.4. The van der Waals surface area contributed by atoms with Crippen molar-refractivity contribution < 1.29 is 8.83 Å². The number of nitrogens with zero attached hydrogens (tertiary/aromatic N) is 3. The van der Waals surface area contributed by atoms with Gasteiger partial charge >= 0.3 is 0 Å². The van der Waals surface area contributed by atoms with Gasteiger partial charge in [0.2, 0.25) is 5.96 Å². The first-order valence-corrected chi connectivity index (χ1v) is 18.4. The van der Waals surface area contributed by atoms with Crippen molar-refractivity contribution >= 4 is 87.9 Å². The van der Waals surface area contributed by atoms with Crippen molar-refractivity contribution in [3.05, 3.63) is 175 Å². The monoisotopic (exact) mass is 693 g/mol. The number of rotatable bonds is 2. The second-order valence-corrected chi connectivity index (χ2v) is 14.4. The summed E-state index contributed by atoms with van der Waals surface area (Å²) in [6, 6.07) is 58.0. The number of hydrogen-bond donors (Lipinski definition) is 0. The van der Waals surface area contributed by atoms with Gasteiger partial charge in [0.25, 0.3) is 0 Å². The quantitative estimate of drug-likeness (QED) is 0.181. The number of hydrogen-bond acceptors (Lipinski definition) is 4. The van der Waals surface area contributed by atoms with E-state index in [1.54, 1.807) is 0 Å². The van der Waals surface area contributed by atoms with Gasteiger partial charge in [0, 0.05) is 39.4 Å². The van der Waals surface area contributed by atoms with Crippen molar-refractivity contribution in [1.82, 2.24) is 9.47 Å². The molecule has 1 atom stereocenters. The zero-order valence-electron chi connectivity index (χ0n) is 29.3. The van der Waals surface area contributed by atoms with E-state index in [4.69, 9.17) is 13.8 Å². The fourth-order valence-electron chi connectivity index (χ4n) is 8.83. The lowest BCUT2D eigenvalue weighted by Crippen LogP contribution is -2.38. The van der Waals surface area contributed by atoms with Gasteiger partial charge in [0.15, 0.2) is 5.76 Å². The Bertz CT molecular complexity index is 3360. The Morgan fingerprint density at radius 3 is 2.06 bits per heavy atom. The van der Waals surface area contributed by atoms with Crippen molar-refractivity contribution in [2.45, 2.75) is 6.04 Å². The fourth-order valence-corrected chi connectivity index (χ4v) is 8.83. The highest BCUT2D eigenvalue weighted by molar-refractivity contribution is 6.22. The van der Waals surface area contributed by atoms with Gasteiger partial charge in [0.1, 0.15) is 28.5 Å². The molecule has 1 aliphatic rings. The molecule has 0 saturated carbocycles. The van der Waals surface area contributed by atoms with Gasteiger partial charge in [-0.05, 0) is 87.4 Å². The molecule has 5 heteroatoms. The third-order valence-corrected chi connectivity index (χ3v) is 11.4. The summed E-state index contributed by atoms with van der Waals surface area (Å²) in [5.41, 5.74) is 9.22. The van der Waals surface area contributed by atoms with Crippen LogP contribution in [-0.4, -0.2) is 22.5 Å². The number of furan rings is 2. The smallest absolute Gasteiger partial charge is 0.211 e. The molecule has 0 bridgehead atoms. The van der Waals surface area contributed by atoms with Crippen LogP contribution >= 0.6 is 0 Å². The molecule has 0 fully saturated rings. The molecule has 0 radical (unpaired) electrons. The Kier molecular flexibility index (Phi) is 5.98. The Morgan fingerprint density at radius 1 is 0.481 bits per heavy atom. The summed E-state index contributed by atoms with van der Waals surface area (Å²) >= 11 is 0. The largest absolute Gasteiger partial charge is 0.456 e. The molecule has 54 heavy (non-hydrogen) atoms. The van der Waals surface area contributed by atoms with E-state index in [0.717, 1.165) is 77.7 Å². The van der Waals surface area contributed by atoms with Crippen LogP contribution in [0.3, 0.4) is 0 Å². The third kappa shape index (κ3) is 4.12. The average Bonchev–Trinajstić information content (AvgIpc) is 3.89. The molecule has 0 spiro atoms. The van der Waals surface area contributed by atoms with Crippen molar-refractivity contribution in [2.75, 3.05) is 7.05 Å². The van der Waals surface area contributed by atoms with E-state index in [1.165, 1.54) is 32.7 Å². The molecule has 5 nitrogen and oxygen atoms in total. The topological polar surface area (TPSA) is 46.8 Å². The van der Waals surface area contributed by atoms with Gasteiger partial charge in [-0.1, -0.05) is 109 Å². The van der Waals surface area contributed by atoms with E-state index in [2.05, 4.69) is 156 Å². The average molecular weight is 694 g/mol. The SMILES string of the molecule is CN1C(n2c3ccccc3c3cc4ccc5c6ccccc6oc5c4cc32)=Nc2c(oc3ccccc23)C1c1ccc2cc(-c3ccccc3)ccc2c1. The van der Waals surface area contributed by atoms with Crippen molar-refractivity contribution in [3.63, 3.8) is 0 Å². The molecular weight excluding hydrogens is 663 g/mol. The highest BCUT2D eigenvalue weighted by Crippen LogP contribution is 2.47. The number of aliphatic imine (C=N–C) groups is 1. The maximum atomic E-state index is 6.72. The highest BCUT2D eigenvalue weighted by Gasteiger charge is 2.36. The summed E-state index contributed by atoms with van der Waals surface area (Å²) in [5.74, 6) is 1.68. The van der Waals surface area contributed by atoms with E-state index < -0.39 is 0 Å². The second kappa shape index (κ2) is 11.0. The minimum absolute atomic E-state index is 0.225. The molecule has 0 N–H and O–H groups in total. The van der Waals surface area contributed by atoms with Crippen LogP contribution in [0.4, 0.5) is 5.69 Å². The molecule has 12 rings (SSSR count). The van der Waals surface area contributed by atoms with Crippen LogP contribution in [0.1, 0.15) is 17.4 Å². The van der Waals surface area contributed by atoms with Gasteiger partial charge in [-0.3, -0.25) is 4.57 Å². The van der Waals surface area contributed by atoms with Crippen LogP contribution in [0, 0.1) is 0 Å². The van der Waals surface area contributed by atoms with Crippen LogP contribution in [0.25, 0.3) is 87.4 Å². The van der Waals surface area contributed by atoms with E-state index in [9.17, 15) is 0 Å². The lowest BCUT2D eigenvalue weighted by Gasteiger charge is -2.34. The summed E-state index contributed by atoms with van der Waals surface area (Å²) < 4.78 is 15.6. The Hall–Kier alpha value is -7.11. The molecule has 4 heterocycles. The normalized spacial score (nSPS) is 14.6. The van der Waals surface area contributed by atoms with E-state index in [-0.39, 0.29) is 6.04 Å². The summed E-state index contributed by atoms with van der Waals surface area (Å²) in [4.78, 5) is 7.79. The fraction of sp³-hybridized carbons (Fsp3) is 0.0408. The van der Waals surface area contributed by atoms with E-state index >= 15 is 0 Å². The first kappa shape index (κ1) is 29.5. The van der Waals surface area contributed by atoms with E-state index in [0.29, 0.717) is 0 Å². The first-order chi connectivity index (χ1) is 26.7. The molecular formula is C49H31N3O2. The maximum absolute atomic E-state index is 6.72. The predicted octanol–water partition coefficient (Wildman–Crippen LogP) is 13.0. The summed E-state index contributed by atoms with van der Waals surface area (Å²) in [6.45, 7) is 0. The molecule has 0 amide bonds. The predicted molar refractivity (Wildman–Crippen MR) is 222 cm³/mol. The van der Waals surface area contributed by atoms with Gasteiger partial charge in [0.05, 0.1) is 11.0 Å². The Balaban J connectivity index is 1.10. The van der Waals surface area contributed by atoms with Gasteiger partial charge in [-0.25, -0.2) is 4.99 Å². The Morgan fingerprint density at radius 2 is 1.19 bits per heavy atom. The lowest BCUT2D eigenvalue weighted by molar-refractivity contribution is 0.352. The third-order valence-electron chi connectivity index (χ3n) is 11.4. The molecule has 0 aliphatic carbocycles. The van der Waals surface area contributed by atoms with Crippen LogP contribution in [-0.2, 0) is 0 Å². The standard InChI is InChI=1S/C49H31N3O2/c1-51-46(34-22-21-31-25-30(19-20-32(31)26-34)29-11-3-2-4-12-29)48-45(38-15-7-10-18-44(38)54-48)50-49(51)52-41-16-8-5-13-35(41)40-27-33-23-24-37-36-14-6-9-17-43(36)53-47(37)39(33)28-42(40)52/h2-28,46H,1H3. The van der Waals surface area contributed by atoms with Crippen molar-refractivity contribution in [2.24, 2.45) is 4.99 Å². The summed E-state index contributed by atoms with van der Waals surface area (Å²) in [6.07, 6.45) is 0. The molecule has 1 unspecified atom stereocenters. The number of benzene rings is 8. The molecule has 11 aromatic rings. The maximum Gasteiger partial charge on any atom is 0.211 e. The second-order valence-electron chi connectivity index (χ2n) is 14.4. The van der Waals surface area contributed by atoms with Crippen LogP contribution in [0.2, 0.25) is 0 Å².